The summed E-state index contributed by atoms with van der Waals surface area (Å²) in [6, 6.07) is 19.1. The molecule has 10 heteroatoms. The van der Waals surface area contributed by atoms with E-state index in [2.05, 4.69) is 15.0 Å². The number of thioether (sulfide) groups is 1. The highest BCUT2D eigenvalue weighted by Gasteiger charge is 2.36. The highest BCUT2D eigenvalue weighted by molar-refractivity contribution is 8.15. The lowest BCUT2D eigenvalue weighted by atomic mass is 10.1. The highest BCUT2D eigenvalue weighted by Crippen LogP contribution is 2.31. The van der Waals surface area contributed by atoms with Gasteiger partial charge in [0, 0.05) is 12.1 Å². The molecule has 0 bridgehead atoms. The topological polar surface area (TPSA) is 97.3 Å². The molecule has 1 saturated heterocycles. The van der Waals surface area contributed by atoms with Gasteiger partial charge in [-0.1, -0.05) is 23.9 Å². The number of ether oxygens (including phenoxy) is 2. The van der Waals surface area contributed by atoms with Crippen molar-refractivity contribution in [3.8, 4) is 5.75 Å². The molecule has 1 aliphatic heterocycles. The van der Waals surface area contributed by atoms with Crippen LogP contribution in [-0.4, -0.2) is 47.3 Å². The summed E-state index contributed by atoms with van der Waals surface area (Å²) in [5.74, 6) is -0.835. The summed E-state index contributed by atoms with van der Waals surface area (Å²) in [5, 5.41) is 2.42. The number of nitrogens with one attached hydrogen (secondary N) is 1. The van der Waals surface area contributed by atoms with Crippen molar-refractivity contribution in [1.29, 1.82) is 0 Å². The van der Waals surface area contributed by atoms with Crippen LogP contribution in [0.5, 0.6) is 5.75 Å². The van der Waals surface area contributed by atoms with Crippen molar-refractivity contribution < 1.29 is 28.2 Å². The van der Waals surface area contributed by atoms with Crippen molar-refractivity contribution in [2.45, 2.75) is 18.2 Å². The third-order valence-electron chi connectivity index (χ3n) is 5.56. The molecule has 3 aromatic rings. The first kappa shape index (κ1) is 25.9. The van der Waals surface area contributed by atoms with E-state index in [1.54, 1.807) is 67.8 Å². The average molecular weight is 522 g/mol. The number of hydrogen-bond donors (Lipinski definition) is 1. The van der Waals surface area contributed by atoms with Crippen LogP contribution >= 0.6 is 11.8 Å². The number of esters is 1. The first-order valence-corrected chi connectivity index (χ1v) is 12.2. The van der Waals surface area contributed by atoms with Crippen LogP contribution < -0.4 is 10.1 Å². The quantitative estimate of drug-likeness (QED) is 0.450. The number of benzene rings is 3. The molecule has 1 heterocycles. The van der Waals surface area contributed by atoms with Gasteiger partial charge in [0.25, 0.3) is 0 Å². The van der Waals surface area contributed by atoms with Gasteiger partial charge in [-0.25, -0.2) is 14.2 Å². The van der Waals surface area contributed by atoms with Gasteiger partial charge in [0.2, 0.25) is 11.8 Å². The van der Waals surface area contributed by atoms with Crippen LogP contribution in [0.3, 0.4) is 0 Å². The minimum atomic E-state index is -0.728. The molecule has 1 aliphatic rings. The lowest BCUT2D eigenvalue weighted by molar-refractivity contribution is -0.129. The van der Waals surface area contributed by atoms with E-state index in [1.807, 2.05) is 0 Å². The fourth-order valence-electron chi connectivity index (χ4n) is 3.57. The Bertz CT molecular complexity index is 1310. The van der Waals surface area contributed by atoms with Crippen LogP contribution in [-0.2, 0) is 20.9 Å². The summed E-state index contributed by atoms with van der Waals surface area (Å²) in [6.07, 6.45) is -0.0421. The molecule has 37 heavy (non-hydrogen) atoms. The molecule has 1 N–H and O–H groups in total. The maximum Gasteiger partial charge on any atom is 0.337 e. The monoisotopic (exact) mass is 521 g/mol. The molecule has 1 fully saturated rings. The number of anilines is 1. The lowest BCUT2D eigenvalue weighted by Crippen LogP contribution is -2.44. The van der Waals surface area contributed by atoms with Crippen LogP contribution in [0.25, 0.3) is 0 Å². The van der Waals surface area contributed by atoms with Gasteiger partial charge in [0.15, 0.2) is 5.17 Å². The molecule has 4 rings (SSSR count). The van der Waals surface area contributed by atoms with Crippen molar-refractivity contribution in [1.82, 2.24) is 4.90 Å². The third-order valence-corrected chi connectivity index (χ3v) is 6.74. The standard InChI is InChI=1S/C27H24FN3O5S/c1-35-22-13-11-21(12-14-22)30-27-31(16-17-3-7-19(28)8-4-17)24(32)15-23(37-27)25(33)29-20-9-5-18(6-10-20)26(34)36-2/h3-14,23H,15-16H2,1-2H3,(H,29,33). The van der Waals surface area contributed by atoms with Gasteiger partial charge in [-0.15, -0.1) is 0 Å². The van der Waals surface area contributed by atoms with Crippen molar-refractivity contribution in [3.05, 3.63) is 89.7 Å². The molecule has 0 saturated carbocycles. The number of amidine groups is 1. The average Bonchev–Trinajstić information content (AvgIpc) is 2.92. The molecular weight excluding hydrogens is 497 g/mol. The Kier molecular flexibility index (Phi) is 8.19. The largest absolute Gasteiger partial charge is 0.497 e. The van der Waals surface area contributed by atoms with E-state index >= 15 is 0 Å². The second kappa shape index (κ2) is 11.7. The van der Waals surface area contributed by atoms with Crippen LogP contribution in [0.4, 0.5) is 15.8 Å². The summed E-state index contributed by atoms with van der Waals surface area (Å²) in [5.41, 5.74) is 2.15. The normalized spacial score (nSPS) is 16.4. The van der Waals surface area contributed by atoms with E-state index in [0.29, 0.717) is 27.9 Å². The first-order chi connectivity index (χ1) is 17.9. The van der Waals surface area contributed by atoms with E-state index in [-0.39, 0.29) is 30.6 Å². The minimum Gasteiger partial charge on any atom is -0.497 e. The van der Waals surface area contributed by atoms with E-state index in [0.717, 1.165) is 5.56 Å². The smallest absolute Gasteiger partial charge is 0.337 e. The van der Waals surface area contributed by atoms with Crippen LogP contribution in [0.15, 0.2) is 77.8 Å². The number of methoxy groups -OCH3 is 2. The van der Waals surface area contributed by atoms with Crippen LogP contribution in [0.2, 0.25) is 0 Å². The van der Waals surface area contributed by atoms with E-state index in [1.165, 1.54) is 35.9 Å². The highest BCUT2D eigenvalue weighted by atomic mass is 32.2. The Morgan fingerprint density at radius 1 is 1.03 bits per heavy atom. The Morgan fingerprint density at radius 3 is 2.32 bits per heavy atom. The van der Waals surface area contributed by atoms with Crippen molar-refractivity contribution in [2.24, 2.45) is 4.99 Å². The molecule has 0 spiro atoms. The predicted molar refractivity (Wildman–Crippen MR) is 139 cm³/mol. The van der Waals surface area contributed by atoms with Gasteiger partial charge < -0.3 is 14.8 Å². The molecule has 0 aliphatic carbocycles. The van der Waals surface area contributed by atoms with Gasteiger partial charge in [-0.3, -0.25) is 14.5 Å². The van der Waals surface area contributed by atoms with E-state index in [4.69, 9.17) is 4.74 Å². The Morgan fingerprint density at radius 2 is 1.70 bits per heavy atom. The molecule has 190 valence electrons. The van der Waals surface area contributed by atoms with E-state index < -0.39 is 11.2 Å². The minimum absolute atomic E-state index is 0.0421. The molecule has 2 amide bonds. The number of hydrogen-bond acceptors (Lipinski definition) is 7. The lowest BCUT2D eigenvalue weighted by Gasteiger charge is -2.32. The van der Waals surface area contributed by atoms with Crippen molar-refractivity contribution >= 4 is 46.1 Å². The molecule has 1 atom stereocenters. The number of rotatable bonds is 7. The number of carbonyl (C=O) groups excluding carboxylic acids is 3. The Hall–Kier alpha value is -4.18. The number of nitrogens with zero attached hydrogens (tertiary/aromatic N) is 2. The third kappa shape index (κ3) is 6.53. The second-order valence-electron chi connectivity index (χ2n) is 8.07. The molecular formula is C27H24FN3O5S. The van der Waals surface area contributed by atoms with E-state index in [9.17, 15) is 18.8 Å². The Balaban J connectivity index is 1.56. The first-order valence-electron chi connectivity index (χ1n) is 11.3. The Labute approximate surface area is 217 Å². The maximum absolute atomic E-state index is 13.4. The molecule has 0 aromatic heterocycles. The number of aliphatic imine (C=N–C) groups is 1. The van der Waals surface area contributed by atoms with Gasteiger partial charge in [-0.05, 0) is 66.2 Å². The van der Waals surface area contributed by atoms with Crippen LogP contribution in [0.1, 0.15) is 22.3 Å². The summed E-state index contributed by atoms with van der Waals surface area (Å²) in [4.78, 5) is 44.0. The maximum atomic E-state index is 13.4. The number of halogens is 1. The zero-order valence-corrected chi connectivity index (χ0v) is 21.0. The van der Waals surface area contributed by atoms with Gasteiger partial charge in [0.05, 0.1) is 32.0 Å². The van der Waals surface area contributed by atoms with Gasteiger partial charge in [0.1, 0.15) is 16.8 Å². The van der Waals surface area contributed by atoms with Crippen molar-refractivity contribution in [2.75, 3.05) is 19.5 Å². The molecule has 3 aromatic carbocycles. The number of amides is 2. The van der Waals surface area contributed by atoms with Crippen LogP contribution in [0, 0.1) is 5.82 Å². The fraction of sp³-hybridized carbons (Fsp3) is 0.185. The summed E-state index contributed by atoms with van der Waals surface area (Å²) >= 11 is 1.17. The van der Waals surface area contributed by atoms with Gasteiger partial charge >= 0.3 is 5.97 Å². The zero-order valence-electron chi connectivity index (χ0n) is 20.1. The van der Waals surface area contributed by atoms with Gasteiger partial charge in [-0.2, -0.15) is 0 Å². The predicted octanol–water partition coefficient (Wildman–Crippen LogP) is 4.78. The summed E-state index contributed by atoms with van der Waals surface area (Å²) in [7, 11) is 2.85. The molecule has 1 unspecified atom stereocenters. The summed E-state index contributed by atoms with van der Waals surface area (Å²) in [6.45, 7) is 0.185. The molecule has 0 radical (unpaired) electrons. The summed E-state index contributed by atoms with van der Waals surface area (Å²) < 4.78 is 23.3. The molecule has 8 nitrogen and oxygen atoms in total. The zero-order chi connectivity index (χ0) is 26.4. The fourth-order valence-corrected chi connectivity index (χ4v) is 4.66. The second-order valence-corrected chi connectivity index (χ2v) is 9.24. The number of carbonyl (C=O) groups is 3. The van der Waals surface area contributed by atoms with Crippen molar-refractivity contribution in [3.63, 3.8) is 0 Å². The SMILES string of the molecule is COC(=O)c1ccc(NC(=O)C2CC(=O)N(Cc3ccc(F)cc3)C(=Nc3ccc(OC)cc3)S2)cc1.